The van der Waals surface area contributed by atoms with Gasteiger partial charge in [0.1, 0.15) is 0 Å². The fourth-order valence-corrected chi connectivity index (χ4v) is 8.83. The van der Waals surface area contributed by atoms with Crippen LogP contribution in [0.1, 0.15) is 64.9 Å². The van der Waals surface area contributed by atoms with Crippen molar-refractivity contribution in [1.29, 1.82) is 0 Å². The average Bonchev–Trinajstić information content (AvgIpc) is 3.22. The highest BCUT2D eigenvalue weighted by Crippen LogP contribution is 2.60. The molecular formula is C33H36O2S. The summed E-state index contributed by atoms with van der Waals surface area (Å²) < 4.78 is 2.74. The number of hydrogen-bond donors (Lipinski definition) is 1. The van der Waals surface area contributed by atoms with E-state index in [0.29, 0.717) is 0 Å². The first-order valence-corrected chi connectivity index (χ1v) is 14.3. The second-order valence-electron chi connectivity index (χ2n) is 12.6. The Morgan fingerprint density at radius 2 is 1.39 bits per heavy atom. The zero-order valence-electron chi connectivity index (χ0n) is 21.6. The zero-order chi connectivity index (χ0) is 25.1. The highest BCUT2D eigenvalue weighted by Gasteiger charge is 2.54. The summed E-state index contributed by atoms with van der Waals surface area (Å²) in [5.74, 6) is 1.75. The van der Waals surface area contributed by atoms with Crippen LogP contribution in [0.5, 0.6) is 0 Å². The van der Waals surface area contributed by atoms with Gasteiger partial charge in [0.25, 0.3) is 0 Å². The molecular weight excluding hydrogens is 460 g/mol. The van der Waals surface area contributed by atoms with E-state index in [4.69, 9.17) is 0 Å². The van der Waals surface area contributed by atoms with E-state index in [9.17, 15) is 9.90 Å². The fraction of sp³-hybridized carbons (Fsp3) is 0.424. The van der Waals surface area contributed by atoms with Gasteiger partial charge in [0.2, 0.25) is 0 Å². The lowest BCUT2D eigenvalue weighted by molar-refractivity contribution is -0.164. The molecule has 0 atom stereocenters. The molecule has 186 valence electrons. The number of aliphatic carboxylic acids is 1. The summed E-state index contributed by atoms with van der Waals surface area (Å²) in [6, 6.07) is 24.2. The first-order valence-electron chi connectivity index (χ1n) is 13.5. The van der Waals surface area contributed by atoms with Crippen LogP contribution in [0, 0.1) is 23.2 Å². The van der Waals surface area contributed by atoms with Gasteiger partial charge in [-0.2, -0.15) is 0 Å². The molecule has 4 bridgehead atoms. The van der Waals surface area contributed by atoms with Gasteiger partial charge in [-0.25, -0.2) is 0 Å². The molecule has 1 N–H and O–H groups in total. The van der Waals surface area contributed by atoms with Crippen molar-refractivity contribution >= 4 is 37.5 Å². The number of carboxylic acid groups (broad SMARTS) is 1. The molecule has 4 aliphatic carbocycles. The lowest BCUT2D eigenvalue weighted by Crippen LogP contribution is -2.49. The van der Waals surface area contributed by atoms with Gasteiger partial charge in [0.05, 0.1) is 5.41 Å². The second-order valence-corrected chi connectivity index (χ2v) is 13.7. The van der Waals surface area contributed by atoms with E-state index in [1.807, 2.05) is 11.3 Å². The molecule has 3 aromatic carbocycles. The van der Waals surface area contributed by atoms with E-state index < -0.39 is 5.97 Å². The van der Waals surface area contributed by atoms with Crippen molar-refractivity contribution in [1.82, 2.24) is 0 Å². The quantitative estimate of drug-likeness (QED) is 0.300. The Kier molecular flexibility index (Phi) is 5.75. The van der Waals surface area contributed by atoms with E-state index >= 15 is 0 Å². The van der Waals surface area contributed by atoms with Crippen molar-refractivity contribution < 1.29 is 9.90 Å². The van der Waals surface area contributed by atoms with Crippen molar-refractivity contribution in [2.45, 2.75) is 64.7 Å². The van der Waals surface area contributed by atoms with Gasteiger partial charge >= 0.3 is 5.97 Å². The van der Waals surface area contributed by atoms with Gasteiger partial charge in [-0.05, 0) is 90.5 Å². The maximum absolute atomic E-state index is 11.3. The summed E-state index contributed by atoms with van der Waals surface area (Å²) in [6.45, 7) is 6.90. The van der Waals surface area contributed by atoms with Gasteiger partial charge in [0, 0.05) is 20.2 Å². The summed E-state index contributed by atoms with van der Waals surface area (Å²) in [7, 11) is 0. The molecule has 0 radical (unpaired) electrons. The third kappa shape index (κ3) is 4.06. The highest BCUT2D eigenvalue weighted by atomic mass is 32.1. The number of benzene rings is 3. The molecule has 4 aliphatic rings. The molecule has 4 saturated carbocycles. The predicted octanol–water partition coefficient (Wildman–Crippen LogP) is 9.31. The predicted molar refractivity (Wildman–Crippen MR) is 152 cm³/mol. The van der Waals surface area contributed by atoms with Crippen LogP contribution >= 0.6 is 11.3 Å². The summed E-state index contributed by atoms with van der Waals surface area (Å²) in [5.41, 5.74) is 3.95. The first kappa shape index (κ1) is 23.7. The lowest BCUT2D eigenvalue weighted by atomic mass is 9.49. The Labute approximate surface area is 218 Å². The molecule has 0 unspecified atom stereocenters. The standard InChI is InChI=1S/C22H20S.C11H16O2/c1-22(2,3)17-13-14-19-21(16-11-7-8-12-18(16)23-19)20(17)15-9-5-4-6-10-15;12-10(13)11-4-7-1-8(5-11)3-9(2-7)6-11/h4-14H,1-3H3;7-9H,1-6H2,(H,12,13). The van der Waals surface area contributed by atoms with Crippen LogP contribution < -0.4 is 0 Å². The monoisotopic (exact) mass is 496 g/mol. The lowest BCUT2D eigenvalue weighted by Gasteiger charge is -2.54. The number of hydrogen-bond acceptors (Lipinski definition) is 2. The SMILES string of the molecule is CC(C)(C)c1ccc2sc3ccccc3c2c1-c1ccccc1.O=C(O)C12CC3CC(CC(C3)C1)C2. The van der Waals surface area contributed by atoms with Crippen LogP contribution in [-0.2, 0) is 10.2 Å². The van der Waals surface area contributed by atoms with Crippen molar-refractivity contribution in [3.05, 3.63) is 72.3 Å². The number of carboxylic acids is 1. The average molecular weight is 497 g/mol. The third-order valence-electron chi connectivity index (χ3n) is 8.91. The fourth-order valence-electron chi connectivity index (χ4n) is 7.72. The first-order chi connectivity index (χ1) is 17.2. The van der Waals surface area contributed by atoms with Gasteiger partial charge in [0.15, 0.2) is 0 Å². The van der Waals surface area contributed by atoms with Crippen LogP contribution in [0.25, 0.3) is 31.3 Å². The van der Waals surface area contributed by atoms with E-state index in [2.05, 4.69) is 87.5 Å². The summed E-state index contributed by atoms with van der Waals surface area (Å²) in [6.07, 6.45) is 6.92. The molecule has 0 amide bonds. The Balaban J connectivity index is 0.000000155. The zero-order valence-corrected chi connectivity index (χ0v) is 22.4. The van der Waals surface area contributed by atoms with Gasteiger partial charge in [-0.3, -0.25) is 4.79 Å². The van der Waals surface area contributed by atoms with Crippen molar-refractivity contribution in [3.8, 4) is 11.1 Å². The van der Waals surface area contributed by atoms with Crippen LogP contribution in [0.4, 0.5) is 0 Å². The molecule has 0 spiro atoms. The largest absolute Gasteiger partial charge is 0.481 e. The van der Waals surface area contributed by atoms with Crippen LogP contribution in [0.2, 0.25) is 0 Å². The molecule has 36 heavy (non-hydrogen) atoms. The minimum absolute atomic E-state index is 0.113. The van der Waals surface area contributed by atoms with Crippen LogP contribution in [-0.4, -0.2) is 11.1 Å². The number of rotatable bonds is 2. The molecule has 3 heteroatoms. The minimum Gasteiger partial charge on any atom is -0.481 e. The smallest absolute Gasteiger partial charge is 0.309 e. The molecule has 4 fully saturated rings. The minimum atomic E-state index is -0.508. The van der Waals surface area contributed by atoms with E-state index in [0.717, 1.165) is 37.0 Å². The Bertz CT molecular complexity index is 1390. The summed E-state index contributed by atoms with van der Waals surface area (Å²) in [4.78, 5) is 11.3. The molecule has 0 aliphatic heterocycles. The van der Waals surface area contributed by atoms with Crippen molar-refractivity contribution in [2.24, 2.45) is 23.2 Å². The molecule has 4 aromatic rings. The molecule has 8 rings (SSSR count). The van der Waals surface area contributed by atoms with Crippen molar-refractivity contribution in [2.75, 3.05) is 0 Å². The molecule has 1 aromatic heterocycles. The topological polar surface area (TPSA) is 37.3 Å². The van der Waals surface area contributed by atoms with Crippen molar-refractivity contribution in [3.63, 3.8) is 0 Å². The Morgan fingerprint density at radius 1 is 0.806 bits per heavy atom. The second kappa shape index (κ2) is 8.73. The van der Waals surface area contributed by atoms with Crippen LogP contribution in [0.15, 0.2) is 66.7 Å². The van der Waals surface area contributed by atoms with E-state index in [1.54, 1.807) is 0 Å². The van der Waals surface area contributed by atoms with Crippen LogP contribution in [0.3, 0.4) is 0 Å². The maximum Gasteiger partial charge on any atom is 0.309 e. The number of carbonyl (C=O) groups is 1. The van der Waals surface area contributed by atoms with Gasteiger partial charge < -0.3 is 5.11 Å². The van der Waals surface area contributed by atoms with E-state index in [-0.39, 0.29) is 10.8 Å². The Hall–Kier alpha value is -2.65. The highest BCUT2D eigenvalue weighted by molar-refractivity contribution is 7.25. The molecule has 0 saturated heterocycles. The normalized spacial score (nSPS) is 26.7. The summed E-state index contributed by atoms with van der Waals surface area (Å²) in [5, 5.41) is 12.1. The maximum atomic E-state index is 11.3. The molecule has 1 heterocycles. The Morgan fingerprint density at radius 3 is 1.97 bits per heavy atom. The number of thiophene rings is 1. The number of fused-ring (bicyclic) bond motifs is 3. The summed E-state index contributed by atoms with van der Waals surface area (Å²) >= 11 is 1.89. The van der Waals surface area contributed by atoms with Gasteiger partial charge in [-0.1, -0.05) is 75.4 Å². The molecule has 2 nitrogen and oxygen atoms in total. The van der Waals surface area contributed by atoms with E-state index in [1.165, 1.54) is 56.1 Å². The van der Waals surface area contributed by atoms with Gasteiger partial charge in [-0.15, -0.1) is 11.3 Å². The third-order valence-corrected chi connectivity index (χ3v) is 10.0.